The van der Waals surface area contributed by atoms with E-state index >= 15 is 0 Å². The van der Waals surface area contributed by atoms with Gasteiger partial charge < -0.3 is 15.3 Å². The van der Waals surface area contributed by atoms with Gasteiger partial charge in [-0.3, -0.25) is 9.59 Å². The Morgan fingerprint density at radius 2 is 1.58 bits per heavy atom. The van der Waals surface area contributed by atoms with E-state index in [4.69, 9.17) is 0 Å². The first kappa shape index (κ1) is 19.7. The molecule has 6 heteroatoms. The van der Waals surface area contributed by atoms with Gasteiger partial charge in [-0.1, -0.05) is 20.8 Å². The molecule has 2 amide bonds. The van der Waals surface area contributed by atoms with Crippen molar-refractivity contribution in [1.29, 1.82) is 0 Å². The van der Waals surface area contributed by atoms with E-state index in [9.17, 15) is 19.5 Å². The van der Waals surface area contributed by atoms with Gasteiger partial charge in [0, 0.05) is 25.2 Å². The summed E-state index contributed by atoms with van der Waals surface area (Å²) in [5.41, 5.74) is 0.790. The van der Waals surface area contributed by atoms with Gasteiger partial charge in [0.25, 0.3) is 11.8 Å². The maximum absolute atomic E-state index is 12.2. The number of hydrogen-bond acceptors (Lipinski definition) is 3. The summed E-state index contributed by atoms with van der Waals surface area (Å²) in [7, 11) is 3.30. The van der Waals surface area contributed by atoms with Crippen LogP contribution < -0.4 is 5.32 Å². The Bertz CT molecular complexity index is 600. The number of amides is 2. The second-order valence-corrected chi connectivity index (χ2v) is 7.24. The molecule has 1 rings (SSSR count). The van der Waals surface area contributed by atoms with E-state index in [0.717, 1.165) is 0 Å². The lowest BCUT2D eigenvalue weighted by atomic mass is 9.88. The second-order valence-electron chi connectivity index (χ2n) is 7.24. The molecule has 0 saturated heterocycles. The van der Waals surface area contributed by atoms with Crippen molar-refractivity contribution in [2.75, 3.05) is 14.1 Å². The predicted octanol–water partition coefficient (Wildman–Crippen LogP) is 2.40. The molecule has 0 heterocycles. The SMILES string of the molecule is CN(C)C(=O)c1ccc(C(=O)NC(CCC(C)(C)C)C(=O)O)cc1. The summed E-state index contributed by atoms with van der Waals surface area (Å²) in [4.78, 5) is 36.8. The molecule has 2 N–H and O–H groups in total. The largest absolute Gasteiger partial charge is 0.480 e. The lowest BCUT2D eigenvalue weighted by molar-refractivity contribution is -0.139. The number of carboxylic acid groups (broad SMARTS) is 1. The molecule has 0 bridgehead atoms. The van der Waals surface area contributed by atoms with Gasteiger partial charge >= 0.3 is 5.97 Å². The molecule has 6 nitrogen and oxygen atoms in total. The Morgan fingerprint density at radius 3 is 2.00 bits per heavy atom. The first-order valence-corrected chi connectivity index (χ1v) is 7.86. The third-order valence-corrected chi connectivity index (χ3v) is 3.59. The zero-order valence-corrected chi connectivity index (χ0v) is 14.9. The van der Waals surface area contributed by atoms with Crippen LogP contribution >= 0.6 is 0 Å². The quantitative estimate of drug-likeness (QED) is 0.836. The fourth-order valence-corrected chi connectivity index (χ4v) is 2.10. The predicted molar refractivity (Wildman–Crippen MR) is 92.0 cm³/mol. The van der Waals surface area contributed by atoms with Crippen molar-refractivity contribution in [3.8, 4) is 0 Å². The van der Waals surface area contributed by atoms with Gasteiger partial charge in [-0.05, 0) is 42.5 Å². The number of benzene rings is 1. The maximum Gasteiger partial charge on any atom is 0.326 e. The molecule has 0 saturated carbocycles. The van der Waals surface area contributed by atoms with Crippen LogP contribution in [0.15, 0.2) is 24.3 Å². The van der Waals surface area contributed by atoms with E-state index in [2.05, 4.69) is 5.32 Å². The lowest BCUT2D eigenvalue weighted by Gasteiger charge is -2.21. The average Bonchev–Trinajstić information content (AvgIpc) is 2.49. The van der Waals surface area contributed by atoms with Crippen molar-refractivity contribution < 1.29 is 19.5 Å². The molecule has 0 aliphatic carbocycles. The smallest absolute Gasteiger partial charge is 0.326 e. The molecule has 0 fully saturated rings. The van der Waals surface area contributed by atoms with Crippen molar-refractivity contribution in [2.45, 2.75) is 39.7 Å². The highest BCUT2D eigenvalue weighted by Gasteiger charge is 2.23. The number of nitrogens with zero attached hydrogens (tertiary/aromatic N) is 1. The monoisotopic (exact) mass is 334 g/mol. The van der Waals surface area contributed by atoms with Gasteiger partial charge in [0.05, 0.1) is 0 Å². The molecule has 0 spiro atoms. The Labute approximate surface area is 142 Å². The Morgan fingerprint density at radius 1 is 1.08 bits per heavy atom. The summed E-state index contributed by atoms with van der Waals surface area (Å²) < 4.78 is 0. The van der Waals surface area contributed by atoms with Crippen LogP contribution in [-0.2, 0) is 4.79 Å². The highest BCUT2D eigenvalue weighted by atomic mass is 16.4. The zero-order chi connectivity index (χ0) is 18.5. The van der Waals surface area contributed by atoms with E-state index in [1.165, 1.54) is 17.0 Å². The fourth-order valence-electron chi connectivity index (χ4n) is 2.10. The first-order valence-electron chi connectivity index (χ1n) is 7.86. The van der Waals surface area contributed by atoms with Crippen molar-refractivity contribution in [2.24, 2.45) is 5.41 Å². The van der Waals surface area contributed by atoms with Crippen molar-refractivity contribution >= 4 is 17.8 Å². The van der Waals surface area contributed by atoms with Gasteiger partial charge in [0.2, 0.25) is 0 Å². The maximum atomic E-state index is 12.2. The summed E-state index contributed by atoms with van der Waals surface area (Å²) in [6.45, 7) is 6.07. The molecule has 0 aliphatic rings. The topological polar surface area (TPSA) is 86.7 Å². The van der Waals surface area contributed by atoms with Gasteiger partial charge in [-0.2, -0.15) is 0 Å². The Kier molecular flexibility index (Phi) is 6.51. The van der Waals surface area contributed by atoms with Gasteiger partial charge in [-0.25, -0.2) is 4.79 Å². The number of carboxylic acids is 1. The van der Waals surface area contributed by atoms with Crippen molar-refractivity contribution in [3.63, 3.8) is 0 Å². The number of carbonyl (C=O) groups is 3. The third kappa shape index (κ3) is 6.02. The molecule has 1 aromatic carbocycles. The Hall–Kier alpha value is -2.37. The first-order chi connectivity index (χ1) is 11.0. The van der Waals surface area contributed by atoms with Gasteiger partial charge in [-0.15, -0.1) is 0 Å². The van der Waals surface area contributed by atoms with Crippen LogP contribution in [0.25, 0.3) is 0 Å². The molecule has 1 aromatic rings. The molecule has 1 unspecified atom stereocenters. The number of carbonyl (C=O) groups excluding carboxylic acids is 2. The molecule has 132 valence electrons. The number of rotatable bonds is 6. The molecular formula is C18H26N2O4. The minimum atomic E-state index is -1.05. The van der Waals surface area contributed by atoms with Crippen LogP contribution in [0.3, 0.4) is 0 Å². The van der Waals surface area contributed by atoms with Crippen LogP contribution in [0.2, 0.25) is 0 Å². The average molecular weight is 334 g/mol. The summed E-state index contributed by atoms with van der Waals surface area (Å²) in [6, 6.07) is 5.23. The highest BCUT2D eigenvalue weighted by Crippen LogP contribution is 2.21. The molecule has 0 aliphatic heterocycles. The van der Waals surface area contributed by atoms with Crippen molar-refractivity contribution in [1.82, 2.24) is 10.2 Å². The molecule has 0 radical (unpaired) electrons. The summed E-state index contributed by atoms with van der Waals surface area (Å²) in [5, 5.41) is 11.8. The van der Waals surface area contributed by atoms with Crippen LogP contribution in [0.5, 0.6) is 0 Å². The van der Waals surface area contributed by atoms with Crippen LogP contribution in [0.4, 0.5) is 0 Å². The van der Waals surface area contributed by atoms with E-state index in [1.807, 2.05) is 20.8 Å². The molecular weight excluding hydrogens is 308 g/mol. The summed E-state index contributed by atoms with van der Waals surface area (Å²) >= 11 is 0. The van der Waals surface area contributed by atoms with E-state index < -0.39 is 17.9 Å². The molecule has 24 heavy (non-hydrogen) atoms. The van der Waals surface area contributed by atoms with Crippen LogP contribution in [0, 0.1) is 5.41 Å². The van der Waals surface area contributed by atoms with Crippen molar-refractivity contribution in [3.05, 3.63) is 35.4 Å². The molecule has 0 aromatic heterocycles. The Balaban J connectivity index is 2.77. The highest BCUT2D eigenvalue weighted by molar-refractivity contribution is 5.98. The van der Waals surface area contributed by atoms with Gasteiger partial charge in [0.1, 0.15) is 6.04 Å². The zero-order valence-electron chi connectivity index (χ0n) is 14.9. The van der Waals surface area contributed by atoms with E-state index in [0.29, 0.717) is 24.0 Å². The minimum Gasteiger partial charge on any atom is -0.480 e. The number of aliphatic carboxylic acids is 1. The summed E-state index contributed by atoms with van der Waals surface area (Å²) in [5.74, 6) is -1.66. The standard InChI is InChI=1S/C18H26N2O4/c1-18(2,3)11-10-14(17(23)24)19-15(21)12-6-8-13(9-7-12)16(22)20(4)5/h6-9,14H,10-11H2,1-5H3,(H,19,21)(H,23,24). The van der Waals surface area contributed by atoms with Crippen LogP contribution in [-0.4, -0.2) is 47.9 Å². The minimum absolute atomic E-state index is 0.00732. The lowest BCUT2D eigenvalue weighted by Crippen LogP contribution is -2.41. The summed E-state index contributed by atoms with van der Waals surface area (Å²) in [6.07, 6.45) is 1.04. The molecule has 1 atom stereocenters. The number of hydrogen-bond donors (Lipinski definition) is 2. The fraction of sp³-hybridized carbons (Fsp3) is 0.500. The van der Waals surface area contributed by atoms with E-state index in [1.54, 1.807) is 26.2 Å². The van der Waals surface area contributed by atoms with Gasteiger partial charge in [0.15, 0.2) is 0 Å². The van der Waals surface area contributed by atoms with E-state index in [-0.39, 0.29) is 11.3 Å². The number of nitrogens with one attached hydrogen (secondary N) is 1. The third-order valence-electron chi connectivity index (χ3n) is 3.59. The normalized spacial score (nSPS) is 12.4. The second kappa shape index (κ2) is 7.95. The van der Waals surface area contributed by atoms with Crippen LogP contribution in [0.1, 0.15) is 54.3 Å².